The van der Waals surface area contributed by atoms with Crippen LogP contribution in [-0.4, -0.2) is 22.2 Å². The van der Waals surface area contributed by atoms with Crippen LogP contribution in [0.15, 0.2) is 55.5 Å². The van der Waals surface area contributed by atoms with Crippen LogP contribution >= 0.6 is 0 Å². The molecular weight excluding hydrogens is 907 g/mol. The number of aromatic nitrogens is 2. The van der Waals surface area contributed by atoms with Gasteiger partial charge >= 0.3 is 5.97 Å². The summed E-state index contributed by atoms with van der Waals surface area (Å²) in [5.74, 6) is -72.4. The average Bonchev–Trinajstić information content (AvgIpc) is 3.26. The van der Waals surface area contributed by atoms with Gasteiger partial charge in [0.2, 0.25) is 5.69 Å². The summed E-state index contributed by atoms with van der Waals surface area (Å²) in [4.78, 5) is 14.9. The van der Waals surface area contributed by atoms with Crippen molar-refractivity contribution in [2.75, 3.05) is 0 Å². The molecule has 0 spiro atoms. The van der Waals surface area contributed by atoms with E-state index in [-0.39, 0.29) is 5.57 Å². The van der Waals surface area contributed by atoms with Gasteiger partial charge < -0.3 is 5.11 Å². The van der Waals surface area contributed by atoms with E-state index in [2.05, 4.69) is 11.6 Å². The molecule has 1 aromatic heterocycles. The molecule has 0 amide bonds. The van der Waals surface area contributed by atoms with Gasteiger partial charge in [0, 0.05) is 5.56 Å². The summed E-state index contributed by atoms with van der Waals surface area (Å²) in [6, 6.07) is 9.81. The number of aliphatic carboxylic acids is 1. The number of rotatable bonds is 8. The Hall–Kier alpha value is -6.95. The smallest absolute Gasteiger partial charge is 0.341 e. The van der Waals surface area contributed by atoms with Crippen molar-refractivity contribution in [2.45, 2.75) is 6.54 Å². The van der Waals surface area contributed by atoms with Crippen molar-refractivity contribution in [1.29, 1.82) is 0 Å². The highest BCUT2D eigenvalue weighted by atomic mass is 19.2. The molecule has 6 rings (SSSR count). The highest BCUT2D eigenvalue weighted by Crippen LogP contribution is 2.30. The Bertz CT molecular complexity index is 2500. The van der Waals surface area contributed by atoms with Crippen molar-refractivity contribution in [3.8, 4) is 0 Å². The molecule has 0 unspecified atom stereocenters. The number of hydrogen-bond donors (Lipinski definition) is 1. The summed E-state index contributed by atoms with van der Waals surface area (Å²) in [5.41, 5.74) is -12.7. The predicted molar refractivity (Wildman–Crippen MR) is 176 cm³/mol. The SMILES string of the molecule is C=C(C(=O)O)c1cncc[n+]1Cc1ccccc1.Fc1c(F)c(F)c([B-](c2c(F)c(F)c(F)c(F)c2F)(c2c(F)c(F)c(F)c(F)c2F)c2c(F)c(F)c(F)c(F)c2F)c(F)c1F. The topological polar surface area (TPSA) is 54.1 Å². The fraction of sp³-hybridized carbons (Fsp3) is 0.0263. The van der Waals surface area contributed by atoms with E-state index < -0.39 is 150 Å². The van der Waals surface area contributed by atoms with Gasteiger partial charge in [0.05, 0.1) is 12.4 Å². The molecule has 1 N–H and O–H groups in total. The molecule has 4 nitrogen and oxygen atoms in total. The van der Waals surface area contributed by atoms with Gasteiger partial charge in [-0.25, -0.2) is 92.6 Å². The third-order valence-corrected chi connectivity index (χ3v) is 9.31. The van der Waals surface area contributed by atoms with Gasteiger partial charge in [-0.1, -0.05) is 36.9 Å². The maximum Gasteiger partial charge on any atom is 0.341 e. The molecule has 6 aromatic rings. The lowest BCUT2D eigenvalue weighted by atomic mass is 9.12. The minimum Gasteiger partial charge on any atom is -0.477 e. The molecule has 0 aliphatic rings. The zero-order chi connectivity index (χ0) is 47.3. The molecule has 63 heavy (non-hydrogen) atoms. The number of hydrogen-bond acceptors (Lipinski definition) is 2. The standard InChI is InChI=1S/C24BF20.C14H12N2O2/c26-5-1(6(27)14(35)21(42)13(5)34)25(2-7(28)15(36)22(43)16(37)8(2)29,3-9(30)17(38)23(44)18(39)10(3)31)4-11(32)19(40)24(45)20(41)12(4)33;1-11(14(17)18)13-9-15-7-8-16(13)10-12-5-3-2-4-6-12/h;2-9H,1,10H2/q-1;/p+1. The van der Waals surface area contributed by atoms with Gasteiger partial charge in [0.15, 0.2) is 82.5 Å². The Morgan fingerprint density at radius 3 is 1.02 bits per heavy atom. The summed E-state index contributed by atoms with van der Waals surface area (Å²) < 4.78 is 296. The molecule has 0 fully saturated rings. The highest BCUT2D eigenvalue weighted by Gasteiger charge is 2.52. The number of benzene rings is 5. The largest absolute Gasteiger partial charge is 0.477 e. The number of nitrogens with zero attached hydrogens (tertiary/aromatic N) is 2. The highest BCUT2D eigenvalue weighted by molar-refractivity contribution is 7.20. The summed E-state index contributed by atoms with van der Waals surface area (Å²) in [7, 11) is 0. The van der Waals surface area contributed by atoms with Crippen LogP contribution in [0.3, 0.4) is 0 Å². The van der Waals surface area contributed by atoms with Crippen molar-refractivity contribution in [3.63, 3.8) is 0 Å². The van der Waals surface area contributed by atoms with E-state index in [1.807, 2.05) is 34.9 Å². The van der Waals surface area contributed by atoms with Crippen molar-refractivity contribution < 1.29 is 102 Å². The van der Waals surface area contributed by atoms with Crippen molar-refractivity contribution in [2.24, 2.45) is 0 Å². The number of carboxylic acids is 1. The minimum atomic E-state index is -7.22. The van der Waals surface area contributed by atoms with Gasteiger partial charge in [-0.2, -0.15) is 4.57 Å². The molecule has 5 aromatic carbocycles. The maximum atomic E-state index is 15.4. The summed E-state index contributed by atoms with van der Waals surface area (Å²) in [6.45, 7) is 4.15. The van der Waals surface area contributed by atoms with Crippen LogP contribution in [0, 0.1) is 116 Å². The molecule has 0 aliphatic heterocycles. The number of carbonyl (C=O) groups is 1. The van der Waals surface area contributed by atoms with Crippen LogP contribution in [0.4, 0.5) is 87.8 Å². The third-order valence-electron chi connectivity index (χ3n) is 9.31. The first-order valence-electron chi connectivity index (χ1n) is 16.4. The Kier molecular flexibility index (Phi) is 13.0. The van der Waals surface area contributed by atoms with E-state index in [0.717, 1.165) is 5.56 Å². The monoisotopic (exact) mass is 920 g/mol. The van der Waals surface area contributed by atoms with E-state index in [9.17, 15) is 57.5 Å². The average molecular weight is 920 g/mol. The Balaban J connectivity index is 0.000000345. The van der Waals surface area contributed by atoms with Crippen LogP contribution in [0.5, 0.6) is 0 Å². The second-order valence-electron chi connectivity index (χ2n) is 12.7. The quantitative estimate of drug-likeness (QED) is 0.0434. The minimum absolute atomic E-state index is 0.0408. The summed E-state index contributed by atoms with van der Waals surface area (Å²) in [5, 5.41) is 8.99. The molecule has 0 atom stereocenters. The molecule has 1 heterocycles. The van der Waals surface area contributed by atoms with Crippen LogP contribution in [0.1, 0.15) is 11.3 Å². The van der Waals surface area contributed by atoms with E-state index in [4.69, 9.17) is 5.11 Å². The molecule has 0 saturated heterocycles. The lowest BCUT2D eigenvalue weighted by Gasteiger charge is -2.44. The summed E-state index contributed by atoms with van der Waals surface area (Å²) >= 11 is 0. The fourth-order valence-electron chi connectivity index (χ4n) is 6.54. The van der Waals surface area contributed by atoms with E-state index >= 15 is 35.1 Å². The van der Waals surface area contributed by atoms with E-state index in [1.54, 1.807) is 12.4 Å². The van der Waals surface area contributed by atoms with Crippen molar-refractivity contribution in [1.82, 2.24) is 4.98 Å². The van der Waals surface area contributed by atoms with E-state index in [0.29, 0.717) is 12.2 Å². The second-order valence-corrected chi connectivity index (χ2v) is 12.7. The van der Waals surface area contributed by atoms with Crippen LogP contribution < -0.4 is 26.4 Å². The van der Waals surface area contributed by atoms with Crippen LogP contribution in [0.2, 0.25) is 0 Å². The molecular formula is C38H13BF20N2O2. The van der Waals surface area contributed by atoms with Crippen LogP contribution in [0.25, 0.3) is 5.57 Å². The molecule has 330 valence electrons. The van der Waals surface area contributed by atoms with Crippen LogP contribution in [-0.2, 0) is 11.3 Å². The predicted octanol–water partition coefficient (Wildman–Crippen LogP) is 7.36. The van der Waals surface area contributed by atoms with E-state index in [1.165, 1.54) is 6.20 Å². The molecule has 0 aliphatic carbocycles. The molecule has 25 heteroatoms. The molecule has 0 saturated carbocycles. The third kappa shape index (κ3) is 7.47. The molecule has 0 bridgehead atoms. The zero-order valence-electron chi connectivity index (χ0n) is 29.9. The first kappa shape index (κ1) is 47.1. The van der Waals surface area contributed by atoms with Crippen molar-refractivity contribution in [3.05, 3.63) is 183 Å². The Morgan fingerprint density at radius 2 is 0.746 bits per heavy atom. The lowest BCUT2D eigenvalue weighted by Crippen LogP contribution is -2.81. The van der Waals surface area contributed by atoms with Gasteiger partial charge in [0.1, 0.15) is 58.3 Å². The first-order valence-corrected chi connectivity index (χ1v) is 16.4. The summed E-state index contributed by atoms with van der Waals surface area (Å²) in [6.07, 6.45) is -2.33. The number of carboxylic acid groups (broad SMARTS) is 1. The Morgan fingerprint density at radius 1 is 0.476 bits per heavy atom. The fourth-order valence-corrected chi connectivity index (χ4v) is 6.54. The lowest BCUT2D eigenvalue weighted by molar-refractivity contribution is -0.690. The van der Waals surface area contributed by atoms with Gasteiger partial charge in [-0.3, -0.25) is 4.98 Å². The normalized spacial score (nSPS) is 11.4. The molecule has 0 radical (unpaired) electrons. The van der Waals surface area contributed by atoms with Gasteiger partial charge in [-0.05, 0) is 0 Å². The van der Waals surface area contributed by atoms with Gasteiger partial charge in [-0.15, -0.1) is 21.9 Å². The van der Waals surface area contributed by atoms with Gasteiger partial charge in [0.25, 0.3) is 0 Å². The maximum absolute atomic E-state index is 15.4. The Labute approximate surface area is 336 Å². The first-order chi connectivity index (χ1) is 29.4. The second kappa shape index (κ2) is 17.4. The zero-order valence-corrected chi connectivity index (χ0v) is 29.9. The number of halogens is 20. The van der Waals surface area contributed by atoms with Crippen molar-refractivity contribution >= 4 is 39.5 Å².